The molecule has 0 N–H and O–H groups in total. The topological polar surface area (TPSA) is 61.8 Å². The van der Waals surface area contributed by atoms with E-state index in [2.05, 4.69) is 0 Å². The van der Waals surface area contributed by atoms with E-state index in [1.54, 1.807) is 20.8 Å². The zero-order chi connectivity index (χ0) is 45.2. The van der Waals surface area contributed by atoms with Gasteiger partial charge in [0.05, 0.1) is 32.7 Å². The Balaban J connectivity index is 2.42. The number of ether oxygens (including phenoxy) is 2. The van der Waals surface area contributed by atoms with Crippen LogP contribution in [-0.4, -0.2) is 19.6 Å². The van der Waals surface area contributed by atoms with E-state index in [4.69, 9.17) is 13.1 Å². The summed E-state index contributed by atoms with van der Waals surface area (Å²) in [5, 5.41) is 0. The lowest BCUT2D eigenvalue weighted by molar-refractivity contribution is -0.191. The minimum absolute atomic E-state index is 0.0381. The van der Waals surface area contributed by atoms with E-state index in [9.17, 15) is 74.3 Å². The molecule has 59 heavy (non-hydrogen) atoms. The fourth-order valence-electron chi connectivity index (χ4n) is 5.82. The molecule has 0 heterocycles. The minimum Gasteiger partial charge on any atom is -0.488 e. The summed E-state index contributed by atoms with van der Waals surface area (Å²) in [4.78, 5) is -5.39. The van der Waals surface area contributed by atoms with E-state index in [-0.39, 0.29) is 5.75 Å². The second kappa shape index (κ2) is 15.3. The summed E-state index contributed by atoms with van der Waals surface area (Å²) < 4.78 is 266. The highest BCUT2D eigenvalue weighted by Crippen LogP contribution is 2.73. The molecule has 4 rings (SSSR count). The van der Waals surface area contributed by atoms with Gasteiger partial charge in [-0.25, -0.2) is 3.63 Å². The van der Waals surface area contributed by atoms with Crippen molar-refractivity contribution < 1.29 is 87.4 Å². The lowest BCUT2D eigenvalue weighted by atomic mass is 9.89. The lowest BCUT2D eigenvalue weighted by Gasteiger charge is -2.41. The molecule has 0 amide bonds. The molecule has 0 saturated heterocycles. The van der Waals surface area contributed by atoms with Crippen molar-refractivity contribution in [2.75, 3.05) is 0 Å². The first-order valence-electron chi connectivity index (χ1n) is 16.4. The Morgan fingerprint density at radius 2 is 0.780 bits per heavy atom. The van der Waals surface area contributed by atoms with Crippen LogP contribution in [0.15, 0.2) is 98.4 Å². The van der Waals surface area contributed by atoms with Gasteiger partial charge in [0.2, 0.25) is 0 Å². The third kappa shape index (κ3) is 10.2. The van der Waals surface area contributed by atoms with E-state index >= 15 is 0 Å². The maximum absolute atomic E-state index is 14.9. The van der Waals surface area contributed by atoms with Crippen molar-refractivity contribution >= 4 is 20.4 Å². The van der Waals surface area contributed by atoms with Crippen molar-refractivity contribution in [1.82, 2.24) is 0 Å². The highest BCUT2D eigenvalue weighted by atomic mass is 32.3. The summed E-state index contributed by atoms with van der Waals surface area (Å²) in [7, 11) is -12.1. The first-order chi connectivity index (χ1) is 26.4. The Morgan fingerprint density at radius 3 is 1.10 bits per heavy atom. The Bertz CT molecular complexity index is 2170. The Kier molecular flexibility index (Phi) is 12.3. The van der Waals surface area contributed by atoms with E-state index < -0.39 is 116 Å². The smallest absolute Gasteiger partial charge is 0.418 e. The summed E-state index contributed by atoms with van der Waals surface area (Å²) in [6.45, 7) is 9.11. The number of alkyl halides is 15. The minimum atomic E-state index is -7.47. The monoisotopic (exact) mass is 904 g/mol. The molecular weight excluding hydrogens is 874 g/mol. The van der Waals surface area contributed by atoms with Crippen molar-refractivity contribution in [3.05, 3.63) is 107 Å². The van der Waals surface area contributed by atoms with Gasteiger partial charge in [0.25, 0.3) is 0 Å². The molecule has 0 atom stereocenters. The summed E-state index contributed by atoms with van der Waals surface area (Å²) in [6, 6.07) is 14.6. The molecule has 4 aromatic carbocycles. The van der Waals surface area contributed by atoms with Crippen molar-refractivity contribution in [2.24, 2.45) is 0 Å². The van der Waals surface area contributed by atoms with Gasteiger partial charge in [-0.05, 0) is 88.2 Å². The van der Waals surface area contributed by atoms with E-state index in [0.29, 0.717) is 0 Å². The molecule has 0 aliphatic rings. The SMILES string of the molecule is CC(C)(C)Oc1ccc(S(OS(=O)(=O)c2c(C(F)(F)F)c(C(F)(F)F)c(C(F)(F)F)c(C(F)(F)F)c2C(F)(F)F)(c2ccccc2)c2ccccc2)c(OC(C)(C)C)c1. The molecule has 326 valence electrons. The van der Waals surface area contributed by atoms with Crippen LogP contribution >= 0.6 is 10.3 Å². The Labute approximate surface area is 328 Å². The average molecular weight is 905 g/mol. The van der Waals surface area contributed by atoms with Crippen LogP contribution in [0.3, 0.4) is 0 Å². The highest BCUT2D eigenvalue weighted by Gasteiger charge is 2.63. The number of hydrogen-bond donors (Lipinski definition) is 0. The Morgan fingerprint density at radius 1 is 0.441 bits per heavy atom. The van der Waals surface area contributed by atoms with Crippen LogP contribution in [0.25, 0.3) is 0 Å². The summed E-state index contributed by atoms with van der Waals surface area (Å²) in [5.74, 6) is -0.493. The molecule has 4 aromatic rings. The van der Waals surface area contributed by atoms with Crippen molar-refractivity contribution in [2.45, 2.75) is 103 Å². The van der Waals surface area contributed by atoms with Crippen LogP contribution in [0.5, 0.6) is 11.5 Å². The van der Waals surface area contributed by atoms with Crippen molar-refractivity contribution in [3.8, 4) is 11.5 Å². The van der Waals surface area contributed by atoms with Crippen LogP contribution in [0.2, 0.25) is 0 Å². The van der Waals surface area contributed by atoms with Gasteiger partial charge in [-0.15, -0.1) is 0 Å². The maximum atomic E-state index is 14.9. The van der Waals surface area contributed by atoms with Crippen LogP contribution < -0.4 is 9.47 Å². The fourth-order valence-corrected chi connectivity index (χ4v) is 11.5. The largest absolute Gasteiger partial charge is 0.488 e. The standard InChI is InChI=1S/C37H31F15O5S2/c1-31(2,3)55-20-17-18-24(23(19-20)56-32(4,5)6)58(21-13-9-7-10-14-21,22-15-11-8-12-16-22)57-59(53,54)30-28(36(47,48)49)26(34(41,42)43)25(33(38,39)40)27(35(44,45)46)29(30)37(50,51)52/h7-19H,1-6H3. The zero-order valence-electron chi connectivity index (χ0n) is 31.0. The highest BCUT2D eigenvalue weighted by molar-refractivity contribution is 8.33. The van der Waals surface area contributed by atoms with Gasteiger partial charge in [0.15, 0.2) is 0 Å². The maximum Gasteiger partial charge on any atom is 0.418 e. The molecule has 0 aliphatic heterocycles. The number of halogens is 15. The van der Waals surface area contributed by atoms with Gasteiger partial charge in [0.1, 0.15) is 27.6 Å². The second-order valence-corrected chi connectivity index (χ2v) is 18.8. The molecule has 0 aliphatic carbocycles. The number of hydrogen-bond acceptors (Lipinski definition) is 5. The third-order valence-corrected chi connectivity index (χ3v) is 12.8. The molecule has 0 radical (unpaired) electrons. The fraction of sp³-hybridized carbons (Fsp3) is 0.351. The average Bonchev–Trinajstić information content (AvgIpc) is 3.03. The van der Waals surface area contributed by atoms with Gasteiger partial charge in [-0.3, -0.25) is 0 Å². The first kappa shape index (κ1) is 47.4. The predicted molar refractivity (Wildman–Crippen MR) is 182 cm³/mol. The van der Waals surface area contributed by atoms with Gasteiger partial charge in [0, 0.05) is 15.9 Å². The van der Waals surface area contributed by atoms with E-state index in [0.717, 1.165) is 42.5 Å². The van der Waals surface area contributed by atoms with Gasteiger partial charge in [-0.1, -0.05) is 36.4 Å². The summed E-state index contributed by atoms with van der Waals surface area (Å²) >= 11 is 0. The molecule has 5 nitrogen and oxygen atoms in total. The summed E-state index contributed by atoms with van der Waals surface area (Å²) in [6.07, 6.45) is -36.1. The van der Waals surface area contributed by atoms with Crippen LogP contribution in [0, 0.1) is 0 Å². The van der Waals surface area contributed by atoms with Crippen LogP contribution in [0.1, 0.15) is 69.4 Å². The Hall–Kier alpha value is -4.31. The third-order valence-electron chi connectivity index (χ3n) is 7.53. The van der Waals surface area contributed by atoms with Crippen molar-refractivity contribution in [1.29, 1.82) is 0 Å². The van der Waals surface area contributed by atoms with Gasteiger partial charge in [-0.2, -0.15) is 74.3 Å². The number of rotatable bonds is 8. The summed E-state index contributed by atoms with van der Waals surface area (Å²) in [5.41, 5.74) is -24.0. The van der Waals surface area contributed by atoms with Crippen LogP contribution in [0.4, 0.5) is 65.9 Å². The van der Waals surface area contributed by atoms with E-state index in [1.807, 2.05) is 0 Å². The molecule has 22 heteroatoms. The molecule has 0 unspecified atom stereocenters. The zero-order valence-corrected chi connectivity index (χ0v) is 32.7. The lowest BCUT2D eigenvalue weighted by Crippen LogP contribution is -2.34. The molecule has 0 spiro atoms. The normalized spacial score (nSPS) is 14.3. The molecule has 0 fully saturated rings. The van der Waals surface area contributed by atoms with Gasteiger partial charge >= 0.3 is 41.0 Å². The van der Waals surface area contributed by atoms with E-state index in [1.165, 1.54) is 57.2 Å². The quantitative estimate of drug-likeness (QED) is 0.165. The second-order valence-electron chi connectivity index (χ2n) is 14.4. The van der Waals surface area contributed by atoms with Crippen LogP contribution in [-0.2, 0) is 44.6 Å². The van der Waals surface area contributed by atoms with Crippen molar-refractivity contribution in [3.63, 3.8) is 0 Å². The predicted octanol–water partition coefficient (Wildman–Crippen LogP) is 13.7. The van der Waals surface area contributed by atoms with Gasteiger partial charge < -0.3 is 9.47 Å². The first-order valence-corrected chi connectivity index (χ1v) is 19.4. The molecule has 0 saturated carbocycles. The molecule has 0 bridgehead atoms. The number of benzene rings is 4. The molecular formula is C37H31F15O5S2. The molecule has 0 aromatic heterocycles.